The van der Waals surface area contributed by atoms with E-state index in [-0.39, 0.29) is 42.0 Å². The average molecular weight is 548 g/mol. The zero-order chi connectivity index (χ0) is 27.8. The van der Waals surface area contributed by atoms with Crippen LogP contribution in [-0.4, -0.2) is 48.2 Å². The van der Waals surface area contributed by atoms with Crippen molar-refractivity contribution in [3.8, 4) is 0 Å². The monoisotopic (exact) mass is 547 g/mol. The van der Waals surface area contributed by atoms with Crippen molar-refractivity contribution in [2.24, 2.45) is 17.8 Å². The van der Waals surface area contributed by atoms with Crippen LogP contribution < -0.4 is 10.6 Å². The van der Waals surface area contributed by atoms with Crippen LogP contribution in [0.1, 0.15) is 62.8 Å². The number of carbonyl (C=O) groups excluding carboxylic acids is 2. The van der Waals surface area contributed by atoms with Crippen molar-refractivity contribution >= 4 is 22.9 Å². The van der Waals surface area contributed by atoms with Crippen molar-refractivity contribution in [2.45, 2.75) is 63.4 Å². The van der Waals surface area contributed by atoms with Gasteiger partial charge in [-0.15, -0.1) is 0 Å². The van der Waals surface area contributed by atoms with Gasteiger partial charge in [0.2, 0.25) is 17.7 Å². The van der Waals surface area contributed by atoms with E-state index >= 15 is 0 Å². The van der Waals surface area contributed by atoms with Crippen molar-refractivity contribution in [1.82, 2.24) is 15.6 Å². The Morgan fingerprint density at radius 1 is 0.950 bits per heavy atom. The number of hydrogen-bond acceptors (Lipinski definition) is 6. The summed E-state index contributed by atoms with van der Waals surface area (Å²) in [6.07, 6.45) is 7.64. The van der Waals surface area contributed by atoms with Gasteiger partial charge < -0.3 is 24.9 Å². The highest BCUT2D eigenvalue weighted by Crippen LogP contribution is 2.32. The fraction of sp³-hybridized carbons (Fsp3) is 0.531. The molecule has 40 heavy (non-hydrogen) atoms. The van der Waals surface area contributed by atoms with Crippen molar-refractivity contribution < 1.29 is 23.8 Å². The molecule has 3 N–H and O–H groups in total. The molecule has 1 saturated carbocycles. The number of hydrogen-bond donors (Lipinski definition) is 3. The number of carbonyl (C=O) groups is 2. The Bertz CT molecular complexity index is 1220. The van der Waals surface area contributed by atoms with Crippen LogP contribution in [-0.2, 0) is 26.3 Å². The van der Waals surface area contributed by atoms with E-state index in [4.69, 9.17) is 9.15 Å². The van der Waals surface area contributed by atoms with E-state index in [1.807, 2.05) is 54.6 Å². The minimum absolute atomic E-state index is 0.00255. The summed E-state index contributed by atoms with van der Waals surface area (Å²) in [5, 5.41) is 18.0. The lowest BCUT2D eigenvalue weighted by Gasteiger charge is -2.32. The Labute approximate surface area is 235 Å². The first-order valence-electron chi connectivity index (χ1n) is 14.8. The molecule has 1 aromatic heterocycles. The van der Waals surface area contributed by atoms with Crippen LogP contribution in [0.15, 0.2) is 59.0 Å². The number of benzene rings is 2. The summed E-state index contributed by atoms with van der Waals surface area (Å²) in [7, 11) is 0. The number of nitrogens with one attached hydrogen (secondary N) is 2. The number of para-hydroxylation sites is 2. The Morgan fingerprint density at radius 2 is 1.68 bits per heavy atom. The van der Waals surface area contributed by atoms with Crippen LogP contribution in [0.2, 0.25) is 0 Å². The number of amides is 2. The molecule has 2 aliphatic rings. The van der Waals surface area contributed by atoms with Crippen LogP contribution in [0.25, 0.3) is 11.1 Å². The SMILES string of the molecule is O=C(NCC(C(=O)NCC(O)(CCc1ccccc1)c1nc2ccccc2o1)C1CCCCC1)C1CCOCC1. The lowest BCUT2D eigenvalue weighted by molar-refractivity contribution is -0.131. The van der Waals surface area contributed by atoms with Gasteiger partial charge in [-0.05, 0) is 62.1 Å². The standard InChI is InChI=1S/C32H41N3O5/c36-29(25-16-19-39-20-17-25)33-21-26(24-11-5-2-6-12-24)30(37)34-22-32(38,18-15-23-9-3-1-4-10-23)31-35-27-13-7-8-14-28(27)40-31/h1,3-4,7-10,13-14,24-26,38H,2,5-6,11-12,15-22H2,(H,33,36)(H,34,37). The number of rotatable bonds is 11. The van der Waals surface area contributed by atoms with Gasteiger partial charge in [-0.2, -0.15) is 0 Å². The third kappa shape index (κ3) is 7.09. The van der Waals surface area contributed by atoms with Gasteiger partial charge in [0.15, 0.2) is 11.2 Å². The van der Waals surface area contributed by atoms with Gasteiger partial charge in [-0.3, -0.25) is 9.59 Å². The van der Waals surface area contributed by atoms with E-state index in [0.29, 0.717) is 56.5 Å². The molecule has 2 aromatic carbocycles. The smallest absolute Gasteiger partial charge is 0.229 e. The molecule has 2 atom stereocenters. The fourth-order valence-corrected chi connectivity index (χ4v) is 6.03. The predicted octanol–water partition coefficient (Wildman–Crippen LogP) is 4.50. The maximum absolute atomic E-state index is 13.7. The Balaban J connectivity index is 1.30. The molecule has 2 fully saturated rings. The lowest BCUT2D eigenvalue weighted by atomic mass is 9.79. The normalized spacial score (nSPS) is 19.1. The third-order valence-electron chi connectivity index (χ3n) is 8.56. The van der Waals surface area contributed by atoms with Crippen LogP contribution in [0.4, 0.5) is 0 Å². The van der Waals surface area contributed by atoms with E-state index in [0.717, 1.165) is 31.2 Å². The van der Waals surface area contributed by atoms with Gasteiger partial charge in [-0.1, -0.05) is 61.7 Å². The second-order valence-corrected chi connectivity index (χ2v) is 11.4. The van der Waals surface area contributed by atoms with Gasteiger partial charge in [0.25, 0.3) is 0 Å². The highest BCUT2D eigenvalue weighted by Gasteiger charge is 2.37. The highest BCUT2D eigenvalue weighted by molar-refractivity contribution is 5.82. The van der Waals surface area contributed by atoms with Crippen LogP contribution >= 0.6 is 0 Å². The zero-order valence-electron chi connectivity index (χ0n) is 23.1. The molecule has 8 nitrogen and oxygen atoms in total. The van der Waals surface area contributed by atoms with Gasteiger partial charge in [0, 0.05) is 25.7 Å². The molecule has 5 rings (SSSR count). The minimum Gasteiger partial charge on any atom is -0.437 e. The van der Waals surface area contributed by atoms with Gasteiger partial charge in [0.1, 0.15) is 5.52 Å². The van der Waals surface area contributed by atoms with E-state index in [1.54, 1.807) is 0 Å². The topological polar surface area (TPSA) is 114 Å². The summed E-state index contributed by atoms with van der Waals surface area (Å²) in [6, 6.07) is 17.4. The molecule has 2 unspecified atom stereocenters. The van der Waals surface area contributed by atoms with Gasteiger partial charge in [-0.25, -0.2) is 4.98 Å². The first-order valence-corrected chi connectivity index (χ1v) is 14.8. The number of aromatic nitrogens is 1. The van der Waals surface area contributed by atoms with Crippen LogP contribution in [0.3, 0.4) is 0 Å². The second-order valence-electron chi connectivity index (χ2n) is 11.4. The lowest BCUT2D eigenvalue weighted by Crippen LogP contribution is -2.48. The van der Waals surface area contributed by atoms with Crippen molar-refractivity contribution in [3.63, 3.8) is 0 Å². The molecule has 2 amide bonds. The quantitative estimate of drug-likeness (QED) is 0.326. The first-order chi connectivity index (χ1) is 19.5. The molecule has 2 heterocycles. The van der Waals surface area contributed by atoms with E-state index < -0.39 is 5.60 Å². The van der Waals surface area contributed by atoms with Gasteiger partial charge >= 0.3 is 0 Å². The molecule has 0 spiro atoms. The van der Waals surface area contributed by atoms with E-state index in [9.17, 15) is 14.7 Å². The fourth-order valence-electron chi connectivity index (χ4n) is 6.03. The molecule has 0 bridgehead atoms. The summed E-state index contributed by atoms with van der Waals surface area (Å²) in [6.45, 7) is 1.48. The number of oxazole rings is 1. The molecule has 1 aliphatic carbocycles. The van der Waals surface area contributed by atoms with Crippen LogP contribution in [0, 0.1) is 17.8 Å². The number of aryl methyl sites for hydroxylation is 1. The van der Waals surface area contributed by atoms with Crippen LogP contribution in [0.5, 0.6) is 0 Å². The predicted molar refractivity (Wildman–Crippen MR) is 152 cm³/mol. The molecule has 1 saturated heterocycles. The summed E-state index contributed by atoms with van der Waals surface area (Å²) in [5.74, 6) is -0.161. The number of fused-ring (bicyclic) bond motifs is 1. The summed E-state index contributed by atoms with van der Waals surface area (Å²) in [4.78, 5) is 31.2. The number of aliphatic hydroxyl groups is 1. The zero-order valence-corrected chi connectivity index (χ0v) is 23.1. The van der Waals surface area contributed by atoms with Gasteiger partial charge in [0.05, 0.1) is 12.5 Å². The second kappa shape index (κ2) is 13.4. The minimum atomic E-state index is -1.49. The number of nitrogens with zero attached hydrogens (tertiary/aromatic N) is 1. The maximum Gasteiger partial charge on any atom is 0.229 e. The highest BCUT2D eigenvalue weighted by atomic mass is 16.5. The van der Waals surface area contributed by atoms with Crippen molar-refractivity contribution in [1.29, 1.82) is 0 Å². The summed E-state index contributed by atoms with van der Waals surface area (Å²) in [5.41, 5.74) is 0.850. The van der Waals surface area contributed by atoms with E-state index in [2.05, 4.69) is 15.6 Å². The Morgan fingerprint density at radius 3 is 2.42 bits per heavy atom. The summed E-state index contributed by atoms with van der Waals surface area (Å²) < 4.78 is 11.4. The molecule has 3 aromatic rings. The van der Waals surface area contributed by atoms with E-state index in [1.165, 1.54) is 6.42 Å². The van der Waals surface area contributed by atoms with Crippen molar-refractivity contribution in [2.75, 3.05) is 26.3 Å². The molecule has 214 valence electrons. The third-order valence-corrected chi connectivity index (χ3v) is 8.56. The molecule has 8 heteroatoms. The number of ether oxygens (including phenoxy) is 1. The molecule has 0 radical (unpaired) electrons. The Hall–Kier alpha value is -3.23. The largest absolute Gasteiger partial charge is 0.437 e. The Kier molecular flexibility index (Phi) is 9.49. The summed E-state index contributed by atoms with van der Waals surface area (Å²) >= 11 is 0. The molecular formula is C32H41N3O5. The first kappa shape index (κ1) is 28.3. The maximum atomic E-state index is 13.7. The van der Waals surface area contributed by atoms with Crippen molar-refractivity contribution in [3.05, 3.63) is 66.1 Å². The average Bonchev–Trinajstić information content (AvgIpc) is 3.46. The molecular weight excluding hydrogens is 506 g/mol. The molecule has 1 aliphatic heterocycles.